The van der Waals surface area contributed by atoms with Crippen LogP contribution >= 0.6 is 0 Å². The van der Waals surface area contributed by atoms with Crippen molar-refractivity contribution >= 4 is 5.69 Å². The second kappa shape index (κ2) is 4.06. The van der Waals surface area contributed by atoms with Gasteiger partial charge in [-0.15, -0.1) is 0 Å². The first-order chi connectivity index (χ1) is 7.61. The molecule has 1 aliphatic rings. The summed E-state index contributed by atoms with van der Waals surface area (Å²) in [6.45, 7) is 0.640. The van der Waals surface area contributed by atoms with E-state index in [9.17, 15) is 13.9 Å². The molecule has 1 fully saturated rings. The number of halogens is 2. The van der Waals surface area contributed by atoms with E-state index in [2.05, 4.69) is 0 Å². The zero-order chi connectivity index (χ0) is 11.7. The Kier molecular flexibility index (Phi) is 2.75. The molecule has 1 aromatic carbocycles. The Bertz CT molecular complexity index is 433. The first-order valence-electron chi connectivity index (χ1n) is 4.94. The number of aliphatic hydroxyl groups excluding tert-OH is 1. The first kappa shape index (κ1) is 10.8. The van der Waals surface area contributed by atoms with Crippen LogP contribution in [-0.4, -0.2) is 24.3 Å². The zero-order valence-corrected chi connectivity index (χ0v) is 8.45. The van der Waals surface area contributed by atoms with Crippen molar-refractivity contribution in [2.75, 3.05) is 18.0 Å². The summed E-state index contributed by atoms with van der Waals surface area (Å²) in [7, 11) is 0. The molecule has 1 heterocycles. The van der Waals surface area contributed by atoms with Gasteiger partial charge in [-0.05, 0) is 18.6 Å². The van der Waals surface area contributed by atoms with Crippen molar-refractivity contribution < 1.29 is 13.9 Å². The molecule has 5 heteroatoms. The lowest BCUT2D eigenvalue weighted by atomic mass is 10.2. The maximum atomic E-state index is 13.6. The number of rotatable bonds is 1. The van der Waals surface area contributed by atoms with Gasteiger partial charge in [0.25, 0.3) is 0 Å². The molecule has 3 nitrogen and oxygen atoms in total. The summed E-state index contributed by atoms with van der Waals surface area (Å²) in [5, 5.41) is 17.9. The van der Waals surface area contributed by atoms with Crippen LogP contribution in [0.1, 0.15) is 12.0 Å². The van der Waals surface area contributed by atoms with E-state index in [1.165, 1.54) is 4.90 Å². The lowest BCUT2D eigenvalue weighted by Crippen LogP contribution is -2.23. The fourth-order valence-electron chi connectivity index (χ4n) is 1.88. The summed E-state index contributed by atoms with van der Waals surface area (Å²) in [5.74, 6) is -1.52. The van der Waals surface area contributed by atoms with E-state index >= 15 is 0 Å². The largest absolute Gasteiger partial charge is 0.391 e. The lowest BCUT2D eigenvalue weighted by Gasteiger charge is -2.19. The zero-order valence-electron chi connectivity index (χ0n) is 8.45. The molecule has 0 spiro atoms. The summed E-state index contributed by atoms with van der Waals surface area (Å²) in [4.78, 5) is 1.45. The average Bonchev–Trinajstić information content (AvgIpc) is 2.63. The van der Waals surface area contributed by atoms with Crippen LogP contribution in [-0.2, 0) is 0 Å². The minimum absolute atomic E-state index is 0.0431. The minimum atomic E-state index is -0.759. The van der Waals surface area contributed by atoms with Gasteiger partial charge in [0.05, 0.1) is 17.7 Å². The molecule has 1 aromatic rings. The Morgan fingerprint density at radius 1 is 1.38 bits per heavy atom. The maximum absolute atomic E-state index is 13.6. The molecule has 16 heavy (non-hydrogen) atoms. The van der Waals surface area contributed by atoms with Gasteiger partial charge in [-0.25, -0.2) is 8.78 Å². The van der Waals surface area contributed by atoms with E-state index in [-0.39, 0.29) is 17.8 Å². The number of hydrogen-bond donors (Lipinski definition) is 1. The fourth-order valence-corrected chi connectivity index (χ4v) is 1.88. The van der Waals surface area contributed by atoms with Crippen molar-refractivity contribution in [3.8, 4) is 6.07 Å². The predicted octanol–water partition coefficient (Wildman–Crippen LogP) is 1.41. The number of anilines is 1. The number of nitriles is 1. The average molecular weight is 224 g/mol. The van der Waals surface area contributed by atoms with Crippen molar-refractivity contribution in [1.82, 2.24) is 0 Å². The molecule has 1 saturated heterocycles. The van der Waals surface area contributed by atoms with Gasteiger partial charge in [0, 0.05) is 13.1 Å². The summed E-state index contributed by atoms with van der Waals surface area (Å²) < 4.78 is 27.1. The highest BCUT2D eigenvalue weighted by molar-refractivity contribution is 5.53. The molecule has 1 N–H and O–H groups in total. The molecule has 1 aliphatic heterocycles. The molecule has 84 valence electrons. The van der Waals surface area contributed by atoms with E-state index in [0.29, 0.717) is 13.0 Å². The summed E-state index contributed by atoms with van der Waals surface area (Å²) in [6.07, 6.45) is -0.0479. The van der Waals surface area contributed by atoms with E-state index in [1.54, 1.807) is 6.07 Å². The third-order valence-corrected chi connectivity index (χ3v) is 2.63. The van der Waals surface area contributed by atoms with Crippen LogP contribution in [0.5, 0.6) is 0 Å². The topological polar surface area (TPSA) is 47.3 Å². The Morgan fingerprint density at radius 2 is 2.00 bits per heavy atom. The van der Waals surface area contributed by atoms with Gasteiger partial charge in [0.15, 0.2) is 11.6 Å². The van der Waals surface area contributed by atoms with Gasteiger partial charge in [-0.1, -0.05) is 0 Å². The predicted molar refractivity (Wildman–Crippen MR) is 53.9 cm³/mol. The van der Waals surface area contributed by atoms with Gasteiger partial charge >= 0.3 is 0 Å². The Labute approximate surface area is 91.5 Å². The van der Waals surface area contributed by atoms with Crippen LogP contribution in [0.4, 0.5) is 14.5 Å². The Morgan fingerprint density at radius 3 is 2.44 bits per heavy atom. The van der Waals surface area contributed by atoms with Gasteiger partial charge in [-0.3, -0.25) is 0 Å². The SMILES string of the molecule is N#Cc1cc(F)c(N2CC[C@@H](O)C2)c(F)c1. The second-order valence-corrected chi connectivity index (χ2v) is 3.79. The molecule has 0 radical (unpaired) electrons. The molecule has 0 aromatic heterocycles. The summed E-state index contributed by atoms with van der Waals surface area (Å²) in [6, 6.07) is 3.69. The van der Waals surface area contributed by atoms with E-state index in [4.69, 9.17) is 5.26 Å². The fraction of sp³-hybridized carbons (Fsp3) is 0.364. The van der Waals surface area contributed by atoms with Crippen molar-refractivity contribution in [3.63, 3.8) is 0 Å². The van der Waals surface area contributed by atoms with Crippen LogP contribution in [0.25, 0.3) is 0 Å². The van der Waals surface area contributed by atoms with Crippen LogP contribution in [0.2, 0.25) is 0 Å². The molecule has 0 unspecified atom stereocenters. The molecule has 0 aliphatic carbocycles. The van der Waals surface area contributed by atoms with E-state index in [1.807, 2.05) is 0 Å². The monoisotopic (exact) mass is 224 g/mol. The first-order valence-corrected chi connectivity index (χ1v) is 4.94. The van der Waals surface area contributed by atoms with Gasteiger partial charge in [0.1, 0.15) is 5.69 Å². The molecule has 0 saturated carbocycles. The smallest absolute Gasteiger partial charge is 0.150 e. The number of nitrogens with zero attached hydrogens (tertiary/aromatic N) is 2. The third-order valence-electron chi connectivity index (χ3n) is 2.63. The molecule has 0 bridgehead atoms. The van der Waals surface area contributed by atoms with Crippen molar-refractivity contribution in [2.24, 2.45) is 0 Å². The number of β-amino-alcohol motifs (C(OH)–C–C–N with tert-alkyl or cyclic N) is 1. The standard InChI is InChI=1S/C11H10F2N2O/c12-9-3-7(5-14)4-10(13)11(9)15-2-1-8(16)6-15/h3-4,8,16H,1-2,6H2/t8-/m1/s1. The summed E-state index contributed by atoms with van der Waals surface area (Å²) in [5.41, 5.74) is -0.200. The number of hydrogen-bond acceptors (Lipinski definition) is 3. The normalized spacial score (nSPS) is 19.9. The quantitative estimate of drug-likeness (QED) is 0.784. The highest BCUT2D eigenvalue weighted by Crippen LogP contribution is 2.27. The van der Waals surface area contributed by atoms with Crippen LogP contribution in [0.3, 0.4) is 0 Å². The van der Waals surface area contributed by atoms with Crippen molar-refractivity contribution in [1.29, 1.82) is 5.26 Å². The molecular weight excluding hydrogens is 214 g/mol. The van der Waals surface area contributed by atoms with Crippen molar-refractivity contribution in [3.05, 3.63) is 29.3 Å². The number of aliphatic hydroxyl groups is 1. The highest BCUT2D eigenvalue weighted by atomic mass is 19.1. The molecule has 2 rings (SSSR count). The Balaban J connectivity index is 2.38. The molecule has 0 amide bonds. The van der Waals surface area contributed by atoms with Crippen molar-refractivity contribution in [2.45, 2.75) is 12.5 Å². The summed E-state index contributed by atoms with van der Waals surface area (Å²) >= 11 is 0. The van der Waals surface area contributed by atoms with Crippen LogP contribution < -0.4 is 4.90 Å². The van der Waals surface area contributed by atoms with E-state index < -0.39 is 17.7 Å². The van der Waals surface area contributed by atoms with Crippen LogP contribution in [0.15, 0.2) is 12.1 Å². The van der Waals surface area contributed by atoms with Gasteiger partial charge in [-0.2, -0.15) is 5.26 Å². The molecule has 1 atom stereocenters. The third kappa shape index (κ3) is 1.84. The Hall–Kier alpha value is -1.67. The second-order valence-electron chi connectivity index (χ2n) is 3.79. The van der Waals surface area contributed by atoms with Gasteiger partial charge in [0.2, 0.25) is 0 Å². The van der Waals surface area contributed by atoms with Crippen LogP contribution in [0, 0.1) is 23.0 Å². The lowest BCUT2D eigenvalue weighted by molar-refractivity contribution is 0.198. The number of benzene rings is 1. The van der Waals surface area contributed by atoms with E-state index in [0.717, 1.165) is 12.1 Å². The molecular formula is C11H10F2N2O. The minimum Gasteiger partial charge on any atom is -0.391 e. The highest BCUT2D eigenvalue weighted by Gasteiger charge is 2.25. The van der Waals surface area contributed by atoms with Gasteiger partial charge < -0.3 is 10.0 Å². The maximum Gasteiger partial charge on any atom is 0.150 e.